The second-order valence-electron chi connectivity index (χ2n) is 14.8. The Labute approximate surface area is 369 Å². The van der Waals surface area contributed by atoms with Crippen LogP contribution in [0.3, 0.4) is 0 Å². The number of nitrogens with one attached hydrogen (secondary N) is 2. The molecule has 0 radical (unpaired) electrons. The van der Waals surface area contributed by atoms with Crippen LogP contribution >= 0.6 is 0 Å². The maximum Gasteiger partial charge on any atom is 0.127 e. The van der Waals surface area contributed by atoms with E-state index >= 15 is 0 Å². The number of hydrogen-bond acceptors (Lipinski definition) is 10. The van der Waals surface area contributed by atoms with Crippen LogP contribution in [0.25, 0.3) is 90.9 Å². The van der Waals surface area contributed by atoms with Gasteiger partial charge < -0.3 is 49.3 Å². The van der Waals surface area contributed by atoms with Crippen LogP contribution in [0.1, 0.15) is 22.8 Å². The lowest BCUT2D eigenvalue weighted by Crippen LogP contribution is -2.03. The number of H-pyrrole nitrogens is 2. The number of fused-ring (bicyclic) bond motifs is 8. The fraction of sp³-hybridized carbons (Fsp3) is 0.154. The largest absolute Gasteiger partial charge is 0.491 e. The monoisotopic (exact) mass is 854 g/mol. The second kappa shape index (κ2) is 19.3. The van der Waals surface area contributed by atoms with Crippen LogP contribution in [-0.4, -0.2) is 93.2 Å². The minimum atomic E-state index is -0.158. The predicted octanol–water partition coefficient (Wildman–Crippen LogP) is 8.81. The Bertz CT molecular complexity index is 2650. The summed E-state index contributed by atoms with van der Waals surface area (Å²) in [6.45, 7) is -0.235. The quantitative estimate of drug-likeness (QED) is 0.0551. The Balaban J connectivity index is 1.46. The SMILES string of the molecule is OCCOc1ccccc1-c1c2nc(c(-c3ccccc3OCCO)c3ccc([nH]3)c(-c3ccccc3OCCO)c3nc(c(-c4ccccc4OCCO)c4ccc1[nH]4)C=C3)C=C2. The average molecular weight is 855 g/mol. The highest BCUT2D eigenvalue weighted by Crippen LogP contribution is 2.43. The van der Waals surface area contributed by atoms with Crippen LogP contribution in [0.2, 0.25) is 0 Å². The third-order valence-corrected chi connectivity index (χ3v) is 10.8. The summed E-state index contributed by atoms with van der Waals surface area (Å²) in [4.78, 5) is 18.3. The van der Waals surface area contributed by atoms with E-state index in [2.05, 4.69) is 9.97 Å². The first-order chi connectivity index (χ1) is 31.6. The smallest absolute Gasteiger partial charge is 0.127 e. The molecule has 0 fully saturated rings. The lowest BCUT2D eigenvalue weighted by Gasteiger charge is -2.13. The first kappa shape index (κ1) is 41.9. The molecule has 9 rings (SSSR count). The van der Waals surface area contributed by atoms with Crippen molar-refractivity contribution in [3.8, 4) is 67.5 Å². The van der Waals surface area contributed by atoms with Gasteiger partial charge in [0.1, 0.15) is 49.4 Å². The summed E-state index contributed by atoms with van der Waals surface area (Å²) >= 11 is 0. The number of aliphatic hydroxyl groups is 4. The van der Waals surface area contributed by atoms with Crippen molar-refractivity contribution in [2.24, 2.45) is 0 Å². The van der Waals surface area contributed by atoms with Crippen molar-refractivity contribution in [3.63, 3.8) is 0 Å². The Kier molecular flexibility index (Phi) is 12.6. The number of hydrogen-bond donors (Lipinski definition) is 6. The van der Waals surface area contributed by atoms with E-state index < -0.39 is 0 Å². The molecule has 12 heteroatoms. The molecular weight excluding hydrogens is 809 g/mol. The summed E-state index contributed by atoms with van der Waals surface area (Å²) in [5.74, 6) is 2.29. The summed E-state index contributed by atoms with van der Waals surface area (Å²) in [6, 6.07) is 38.8. The van der Waals surface area contributed by atoms with Gasteiger partial charge in [0.05, 0.1) is 49.2 Å². The van der Waals surface area contributed by atoms with E-state index in [1.54, 1.807) is 0 Å². The maximum atomic E-state index is 9.79. The van der Waals surface area contributed by atoms with Gasteiger partial charge in [0.2, 0.25) is 0 Å². The predicted molar refractivity (Wildman–Crippen MR) is 251 cm³/mol. The van der Waals surface area contributed by atoms with E-state index in [4.69, 9.17) is 28.9 Å². The van der Waals surface area contributed by atoms with E-state index in [1.807, 2.05) is 146 Å². The summed E-state index contributed by atoms with van der Waals surface area (Å²) < 4.78 is 24.6. The van der Waals surface area contributed by atoms with Crippen molar-refractivity contribution < 1.29 is 39.4 Å². The second-order valence-corrected chi connectivity index (χ2v) is 14.8. The number of aromatic nitrogens is 4. The van der Waals surface area contributed by atoms with Gasteiger partial charge in [-0.3, -0.25) is 0 Å². The number of benzene rings is 4. The lowest BCUT2D eigenvalue weighted by molar-refractivity contribution is 0.202. The van der Waals surface area contributed by atoms with Gasteiger partial charge in [-0.05, 0) is 72.8 Å². The minimum absolute atomic E-state index is 0.0995. The minimum Gasteiger partial charge on any atom is -0.491 e. The highest BCUT2D eigenvalue weighted by Gasteiger charge is 2.23. The molecule has 8 bridgehead atoms. The van der Waals surface area contributed by atoms with Gasteiger partial charge in [0.15, 0.2) is 0 Å². The third kappa shape index (κ3) is 8.38. The fourth-order valence-electron chi connectivity index (χ4n) is 8.16. The van der Waals surface area contributed by atoms with Crippen molar-refractivity contribution in [3.05, 3.63) is 144 Å². The topological polar surface area (TPSA) is 175 Å². The van der Waals surface area contributed by atoms with Gasteiger partial charge >= 0.3 is 0 Å². The van der Waals surface area contributed by atoms with E-state index in [-0.39, 0.29) is 52.9 Å². The van der Waals surface area contributed by atoms with Crippen molar-refractivity contribution in [1.29, 1.82) is 0 Å². The molecule has 4 aromatic carbocycles. The molecule has 12 nitrogen and oxygen atoms in total. The van der Waals surface area contributed by atoms with Gasteiger partial charge in [0, 0.05) is 66.6 Å². The van der Waals surface area contributed by atoms with Crippen LogP contribution in [0, 0.1) is 0 Å². The van der Waals surface area contributed by atoms with Crippen LogP contribution in [-0.2, 0) is 0 Å². The summed E-state index contributed by atoms with van der Waals surface area (Å²) in [5.41, 5.74) is 11.6. The van der Waals surface area contributed by atoms with Crippen LogP contribution in [0.5, 0.6) is 23.0 Å². The number of nitrogens with zero attached hydrogens (tertiary/aromatic N) is 2. The van der Waals surface area contributed by atoms with E-state index in [1.165, 1.54) is 0 Å². The first-order valence-corrected chi connectivity index (χ1v) is 21.1. The van der Waals surface area contributed by atoms with Crippen LogP contribution in [0.4, 0.5) is 0 Å². The zero-order chi connectivity index (χ0) is 43.8. The molecule has 0 unspecified atom stereocenters. The number of aliphatic hydroxyl groups excluding tert-OH is 4. The summed E-state index contributed by atoms with van der Waals surface area (Å²) in [6.07, 6.45) is 7.92. The standard InChI is InChI=1S/C52H46N4O8/c57-25-29-61-45-13-5-1-9-33(45)49-37-17-19-39(53-37)50(34-10-2-6-14-46(34)62-30-26-58)41-21-23-43(55-41)52(36-12-4-8-16-48(36)64-32-28-60)44-24-22-42(56-44)51(40-20-18-38(49)54-40)35-11-3-7-15-47(35)63-31-27-59/h1-24,53,56-60H,25-32H2. The van der Waals surface area contributed by atoms with Gasteiger partial charge in [-0.25, -0.2) is 9.97 Å². The van der Waals surface area contributed by atoms with Gasteiger partial charge in [-0.15, -0.1) is 0 Å². The van der Waals surface area contributed by atoms with Gasteiger partial charge in [0.25, 0.3) is 0 Å². The van der Waals surface area contributed by atoms with E-state index in [9.17, 15) is 20.4 Å². The molecule has 0 amide bonds. The molecule has 3 aromatic heterocycles. The van der Waals surface area contributed by atoms with Gasteiger partial charge in [-0.1, -0.05) is 72.8 Å². The lowest BCUT2D eigenvalue weighted by atomic mass is 10.0. The molecule has 0 atom stereocenters. The van der Waals surface area contributed by atoms with Crippen molar-refractivity contribution in [2.75, 3.05) is 52.9 Å². The Morgan fingerprint density at radius 1 is 0.328 bits per heavy atom. The normalized spacial score (nSPS) is 11.8. The van der Waals surface area contributed by atoms with Crippen molar-refractivity contribution >= 4 is 46.4 Å². The number of para-hydroxylation sites is 4. The first-order valence-electron chi connectivity index (χ1n) is 21.1. The Morgan fingerprint density at radius 2 is 0.562 bits per heavy atom. The molecule has 2 aliphatic rings. The average Bonchev–Trinajstić information content (AvgIpc) is 4.19. The zero-order valence-electron chi connectivity index (χ0n) is 34.8. The number of ether oxygens (including phenoxy) is 4. The molecular formula is C52H46N4O8. The maximum absolute atomic E-state index is 9.79. The molecule has 0 aliphatic carbocycles. The molecule has 6 N–H and O–H groups in total. The highest BCUT2D eigenvalue weighted by atomic mass is 16.5. The van der Waals surface area contributed by atoms with Crippen molar-refractivity contribution in [2.45, 2.75) is 0 Å². The van der Waals surface area contributed by atoms with Crippen LogP contribution < -0.4 is 18.9 Å². The number of rotatable bonds is 16. The van der Waals surface area contributed by atoms with E-state index in [0.717, 1.165) is 66.6 Å². The van der Waals surface area contributed by atoms with Crippen LogP contribution in [0.15, 0.2) is 121 Å². The Hall–Kier alpha value is -7.48. The molecule has 0 spiro atoms. The molecule has 2 aliphatic heterocycles. The highest BCUT2D eigenvalue weighted by molar-refractivity contribution is 6.01. The third-order valence-electron chi connectivity index (χ3n) is 10.8. The summed E-state index contributed by atoms with van der Waals surface area (Å²) in [7, 11) is 0. The zero-order valence-corrected chi connectivity index (χ0v) is 34.8. The molecule has 0 saturated heterocycles. The molecule has 322 valence electrons. The molecule has 0 saturated carbocycles. The summed E-state index contributed by atoms with van der Waals surface area (Å²) in [5, 5.41) is 39.2. The molecule has 7 aromatic rings. The van der Waals surface area contributed by atoms with Crippen molar-refractivity contribution in [1.82, 2.24) is 19.9 Å². The molecule has 5 heterocycles. The van der Waals surface area contributed by atoms with Gasteiger partial charge in [-0.2, -0.15) is 0 Å². The number of aromatic amines is 2. The fourth-order valence-corrected chi connectivity index (χ4v) is 8.16. The Morgan fingerprint density at radius 3 is 0.797 bits per heavy atom. The molecule has 64 heavy (non-hydrogen) atoms. The van der Waals surface area contributed by atoms with E-state index in [0.29, 0.717) is 45.8 Å².